The van der Waals surface area contributed by atoms with Crippen molar-refractivity contribution in [2.45, 2.75) is 0 Å². The fraction of sp³-hybridized carbons (Fsp3) is 0. The summed E-state index contributed by atoms with van der Waals surface area (Å²) in [5, 5.41) is 24.0. The molecule has 0 aliphatic carbocycles. The van der Waals surface area contributed by atoms with Crippen molar-refractivity contribution < 1.29 is 19.5 Å². The number of thiazole rings is 1. The van der Waals surface area contributed by atoms with Crippen molar-refractivity contribution in [3.63, 3.8) is 0 Å². The lowest BCUT2D eigenvalue weighted by atomic mass is 10.0. The molecule has 0 atom stereocenters. The van der Waals surface area contributed by atoms with Crippen LogP contribution >= 0.6 is 11.3 Å². The third-order valence-electron chi connectivity index (χ3n) is 4.18. The van der Waals surface area contributed by atoms with Crippen LogP contribution in [0.3, 0.4) is 0 Å². The SMILES string of the molecule is O=C(O)c1ccc(NN(O)c2csc(-c3ccc(F)cc3)n2)c2ccccc12. The molecule has 0 radical (unpaired) electrons. The highest BCUT2D eigenvalue weighted by molar-refractivity contribution is 7.13. The van der Waals surface area contributed by atoms with Crippen LogP contribution in [0.15, 0.2) is 66.0 Å². The molecule has 0 unspecified atom stereocenters. The van der Waals surface area contributed by atoms with E-state index >= 15 is 0 Å². The Balaban J connectivity index is 1.62. The number of aromatic carboxylic acids is 1. The van der Waals surface area contributed by atoms with Crippen molar-refractivity contribution in [3.8, 4) is 10.6 Å². The second-order valence-corrected chi connectivity index (χ2v) is 6.81. The van der Waals surface area contributed by atoms with Gasteiger partial charge in [0.05, 0.1) is 11.3 Å². The van der Waals surface area contributed by atoms with E-state index in [0.29, 0.717) is 21.5 Å². The lowest BCUT2D eigenvalue weighted by Gasteiger charge is -2.18. The first-order valence-electron chi connectivity index (χ1n) is 8.25. The van der Waals surface area contributed by atoms with Gasteiger partial charge in [-0.3, -0.25) is 10.6 Å². The maximum atomic E-state index is 13.1. The molecular weight excluding hydrogens is 381 g/mol. The van der Waals surface area contributed by atoms with Crippen molar-refractivity contribution in [2.24, 2.45) is 0 Å². The summed E-state index contributed by atoms with van der Waals surface area (Å²) in [4.78, 5) is 15.8. The summed E-state index contributed by atoms with van der Waals surface area (Å²) in [6.07, 6.45) is 0. The van der Waals surface area contributed by atoms with Gasteiger partial charge in [0, 0.05) is 16.3 Å². The molecule has 3 aromatic carbocycles. The predicted molar refractivity (Wildman–Crippen MR) is 106 cm³/mol. The molecule has 28 heavy (non-hydrogen) atoms. The first kappa shape index (κ1) is 17.9. The van der Waals surface area contributed by atoms with E-state index in [1.807, 2.05) is 0 Å². The molecule has 6 nitrogen and oxygen atoms in total. The molecule has 0 aliphatic rings. The standard InChI is InChI=1S/C20H14FN3O3S/c21-13-7-5-12(6-8-13)19-22-18(11-28-19)24(27)23-17-10-9-16(20(25)26)14-3-1-2-4-15(14)17/h1-11,23,27H,(H,25,26). The Bertz CT molecular complexity index is 1160. The maximum absolute atomic E-state index is 13.1. The van der Waals surface area contributed by atoms with E-state index < -0.39 is 5.97 Å². The highest BCUT2D eigenvalue weighted by Gasteiger charge is 2.14. The Hall–Kier alpha value is -3.49. The first-order chi connectivity index (χ1) is 13.5. The van der Waals surface area contributed by atoms with E-state index in [9.17, 15) is 19.5 Å². The van der Waals surface area contributed by atoms with E-state index in [-0.39, 0.29) is 17.2 Å². The molecule has 0 amide bonds. The van der Waals surface area contributed by atoms with E-state index in [0.717, 1.165) is 10.7 Å². The second-order valence-electron chi connectivity index (χ2n) is 5.95. The zero-order valence-corrected chi connectivity index (χ0v) is 15.2. The van der Waals surface area contributed by atoms with Gasteiger partial charge in [0.1, 0.15) is 10.8 Å². The molecule has 1 heterocycles. The number of nitrogens with one attached hydrogen (secondary N) is 1. The fourth-order valence-corrected chi connectivity index (χ4v) is 3.63. The van der Waals surface area contributed by atoms with Crippen molar-refractivity contribution in [3.05, 3.63) is 77.4 Å². The van der Waals surface area contributed by atoms with Crippen LogP contribution in [0.5, 0.6) is 0 Å². The van der Waals surface area contributed by atoms with Crippen LogP contribution in [-0.2, 0) is 0 Å². The Kier molecular flexibility index (Phi) is 4.64. The van der Waals surface area contributed by atoms with Crippen LogP contribution in [0.2, 0.25) is 0 Å². The largest absolute Gasteiger partial charge is 0.478 e. The average Bonchev–Trinajstić information content (AvgIpc) is 3.19. The summed E-state index contributed by atoms with van der Waals surface area (Å²) in [6.45, 7) is 0. The zero-order chi connectivity index (χ0) is 19.7. The van der Waals surface area contributed by atoms with E-state index in [1.165, 1.54) is 29.5 Å². The number of carboxylic acids is 1. The van der Waals surface area contributed by atoms with Gasteiger partial charge in [-0.2, -0.15) is 0 Å². The number of hydrogen-bond acceptors (Lipinski definition) is 6. The molecule has 0 saturated heterocycles. The smallest absolute Gasteiger partial charge is 0.336 e. The van der Waals surface area contributed by atoms with Gasteiger partial charge in [0.15, 0.2) is 5.82 Å². The number of halogens is 1. The van der Waals surface area contributed by atoms with E-state index in [2.05, 4.69) is 10.4 Å². The first-order valence-corrected chi connectivity index (χ1v) is 9.13. The molecule has 4 aromatic rings. The number of anilines is 2. The quantitative estimate of drug-likeness (QED) is 0.411. The Morgan fingerprint density at radius 1 is 1.04 bits per heavy atom. The maximum Gasteiger partial charge on any atom is 0.336 e. The predicted octanol–water partition coefficient (Wildman–Crippen LogP) is 5.02. The van der Waals surface area contributed by atoms with Gasteiger partial charge in [0.2, 0.25) is 0 Å². The molecule has 0 aliphatic heterocycles. The van der Waals surface area contributed by atoms with Crippen LogP contribution in [0, 0.1) is 5.82 Å². The molecule has 1 aromatic heterocycles. The molecule has 8 heteroatoms. The second kappa shape index (κ2) is 7.26. The summed E-state index contributed by atoms with van der Waals surface area (Å²) >= 11 is 1.30. The Morgan fingerprint density at radius 2 is 1.75 bits per heavy atom. The number of carboxylic acid groups (broad SMARTS) is 1. The number of fused-ring (bicyclic) bond motifs is 1. The Morgan fingerprint density at radius 3 is 2.46 bits per heavy atom. The van der Waals surface area contributed by atoms with Crippen LogP contribution in [-0.4, -0.2) is 21.3 Å². The molecule has 3 N–H and O–H groups in total. The summed E-state index contributed by atoms with van der Waals surface area (Å²) < 4.78 is 13.1. The third-order valence-corrected chi connectivity index (χ3v) is 5.06. The molecule has 4 rings (SSSR count). The van der Waals surface area contributed by atoms with E-state index in [1.54, 1.807) is 47.8 Å². The van der Waals surface area contributed by atoms with Crippen molar-refractivity contribution in [1.29, 1.82) is 0 Å². The molecule has 0 spiro atoms. The molecule has 0 bridgehead atoms. The highest BCUT2D eigenvalue weighted by Crippen LogP contribution is 2.30. The minimum Gasteiger partial charge on any atom is -0.478 e. The zero-order valence-electron chi connectivity index (χ0n) is 14.3. The number of rotatable bonds is 5. The summed E-state index contributed by atoms with van der Waals surface area (Å²) in [5.41, 5.74) is 4.27. The Labute approximate surface area is 163 Å². The number of hydrogen-bond donors (Lipinski definition) is 3. The van der Waals surface area contributed by atoms with Crippen molar-refractivity contribution in [2.75, 3.05) is 10.6 Å². The lowest BCUT2D eigenvalue weighted by molar-refractivity contribution is 0.0699. The molecule has 0 fully saturated rings. The molecule has 140 valence electrons. The number of aromatic nitrogens is 1. The monoisotopic (exact) mass is 395 g/mol. The van der Waals surface area contributed by atoms with Crippen LogP contribution in [0.4, 0.5) is 15.9 Å². The van der Waals surface area contributed by atoms with Gasteiger partial charge < -0.3 is 5.11 Å². The number of benzene rings is 3. The van der Waals surface area contributed by atoms with Gasteiger partial charge in [-0.25, -0.2) is 14.2 Å². The molecular formula is C20H14FN3O3S. The topological polar surface area (TPSA) is 85.7 Å². The summed E-state index contributed by atoms with van der Waals surface area (Å²) in [6, 6.07) is 16.0. The third kappa shape index (κ3) is 3.38. The molecule has 0 saturated carbocycles. The number of carbonyl (C=O) groups is 1. The van der Waals surface area contributed by atoms with Crippen molar-refractivity contribution in [1.82, 2.24) is 4.98 Å². The minimum absolute atomic E-state index is 0.179. The number of nitrogens with zero attached hydrogens (tertiary/aromatic N) is 2. The van der Waals surface area contributed by atoms with Gasteiger partial charge >= 0.3 is 5.97 Å². The summed E-state index contributed by atoms with van der Waals surface area (Å²) in [7, 11) is 0. The minimum atomic E-state index is -1.02. The van der Waals surface area contributed by atoms with Crippen LogP contribution in [0.1, 0.15) is 10.4 Å². The summed E-state index contributed by atoms with van der Waals surface area (Å²) in [5.74, 6) is -1.09. The number of hydrazine groups is 1. The van der Waals surface area contributed by atoms with Gasteiger partial charge in [-0.05, 0) is 41.8 Å². The van der Waals surface area contributed by atoms with Gasteiger partial charge in [0.25, 0.3) is 0 Å². The van der Waals surface area contributed by atoms with Gasteiger partial charge in [-0.1, -0.05) is 24.3 Å². The van der Waals surface area contributed by atoms with E-state index in [4.69, 9.17) is 0 Å². The van der Waals surface area contributed by atoms with Crippen LogP contribution in [0.25, 0.3) is 21.3 Å². The average molecular weight is 395 g/mol. The van der Waals surface area contributed by atoms with Gasteiger partial charge in [-0.15, -0.1) is 16.5 Å². The highest BCUT2D eigenvalue weighted by atomic mass is 32.1. The lowest BCUT2D eigenvalue weighted by Crippen LogP contribution is -2.26. The van der Waals surface area contributed by atoms with Crippen molar-refractivity contribution >= 4 is 39.6 Å². The van der Waals surface area contributed by atoms with Crippen LogP contribution < -0.4 is 10.6 Å². The normalized spacial score (nSPS) is 10.8. The fourth-order valence-electron chi connectivity index (χ4n) is 2.84.